The first-order valence-corrected chi connectivity index (χ1v) is 11.9. The van der Waals surface area contributed by atoms with Crippen LogP contribution in [0.5, 0.6) is 11.6 Å². The van der Waals surface area contributed by atoms with Crippen molar-refractivity contribution in [3.8, 4) is 11.6 Å². The van der Waals surface area contributed by atoms with Crippen molar-refractivity contribution in [2.24, 2.45) is 0 Å². The van der Waals surface area contributed by atoms with Crippen LogP contribution in [0.1, 0.15) is 36.8 Å². The van der Waals surface area contributed by atoms with Crippen LogP contribution < -0.4 is 4.74 Å². The molecule has 0 aliphatic carbocycles. The third-order valence-electron chi connectivity index (χ3n) is 5.79. The third kappa shape index (κ3) is 6.70. The van der Waals surface area contributed by atoms with E-state index in [1.807, 2.05) is 0 Å². The summed E-state index contributed by atoms with van der Waals surface area (Å²) in [5.74, 6) is -0.488. The van der Waals surface area contributed by atoms with Crippen LogP contribution in [-0.4, -0.2) is 69.5 Å². The first kappa shape index (κ1) is 28.0. The van der Waals surface area contributed by atoms with E-state index in [9.17, 15) is 31.5 Å². The molecular weight excluding hydrogens is 527 g/mol. The lowest BCUT2D eigenvalue weighted by Gasteiger charge is -2.41. The number of amides is 2. The number of hydrogen-bond donors (Lipinski definition) is 0. The number of hydrogen-bond acceptors (Lipinski definition) is 6. The molecule has 1 atom stereocenters. The van der Waals surface area contributed by atoms with E-state index in [0.29, 0.717) is 17.1 Å². The lowest BCUT2D eigenvalue weighted by atomic mass is 10.1. The number of piperazine rings is 1. The van der Waals surface area contributed by atoms with Gasteiger partial charge >= 0.3 is 12.3 Å². The fourth-order valence-corrected chi connectivity index (χ4v) is 3.93. The van der Waals surface area contributed by atoms with Crippen molar-refractivity contribution in [2.45, 2.75) is 45.0 Å². The molecule has 208 valence electrons. The van der Waals surface area contributed by atoms with Gasteiger partial charge in [0, 0.05) is 30.7 Å². The van der Waals surface area contributed by atoms with Gasteiger partial charge in [0.2, 0.25) is 5.88 Å². The number of benzene rings is 1. The van der Waals surface area contributed by atoms with E-state index >= 15 is 0 Å². The smallest absolute Gasteiger partial charge is 0.417 e. The molecule has 13 heteroatoms. The Balaban J connectivity index is 1.48. The number of carbonyl (C=O) groups is 2. The predicted octanol–water partition coefficient (Wildman–Crippen LogP) is 5.77. The minimum Gasteiger partial charge on any atom is -0.444 e. The summed E-state index contributed by atoms with van der Waals surface area (Å²) in [6.07, 6.45) is -7.49. The lowest BCUT2D eigenvalue weighted by molar-refractivity contribution is -0.137. The van der Waals surface area contributed by atoms with Crippen molar-refractivity contribution in [2.75, 3.05) is 19.6 Å². The van der Waals surface area contributed by atoms with Crippen LogP contribution in [0.4, 0.5) is 26.7 Å². The number of nitrogens with zero attached hydrogens (tertiary/aromatic N) is 4. The minimum atomic E-state index is -4.52. The number of aromatic nitrogens is 2. The number of halogens is 5. The Labute approximate surface area is 220 Å². The first-order valence-electron chi connectivity index (χ1n) is 11.9. The van der Waals surface area contributed by atoms with Crippen LogP contribution in [0.3, 0.4) is 0 Å². The summed E-state index contributed by atoms with van der Waals surface area (Å²) in [5, 5.41) is 0.538. The Morgan fingerprint density at radius 1 is 1.03 bits per heavy atom. The van der Waals surface area contributed by atoms with Gasteiger partial charge in [0.25, 0.3) is 12.3 Å². The fourth-order valence-electron chi connectivity index (χ4n) is 3.93. The summed E-state index contributed by atoms with van der Waals surface area (Å²) in [6.45, 7) is 4.52. The van der Waals surface area contributed by atoms with Gasteiger partial charge in [-0.05, 0) is 51.1 Å². The van der Waals surface area contributed by atoms with Gasteiger partial charge < -0.3 is 19.3 Å². The molecule has 8 nitrogen and oxygen atoms in total. The molecule has 0 N–H and O–H groups in total. The van der Waals surface area contributed by atoms with Gasteiger partial charge in [-0.3, -0.25) is 4.79 Å². The van der Waals surface area contributed by atoms with Crippen LogP contribution in [0.15, 0.2) is 48.7 Å². The number of carbonyl (C=O) groups excluding carboxylic acids is 2. The Morgan fingerprint density at radius 2 is 1.77 bits per heavy atom. The lowest BCUT2D eigenvalue weighted by Crippen LogP contribution is -2.59. The fraction of sp³-hybridized carbons (Fsp3) is 0.385. The highest BCUT2D eigenvalue weighted by molar-refractivity contribution is 5.95. The van der Waals surface area contributed by atoms with Gasteiger partial charge in [0.15, 0.2) is 0 Å². The maximum Gasteiger partial charge on any atom is 0.417 e. The first-order chi connectivity index (χ1) is 18.2. The zero-order chi connectivity index (χ0) is 28.5. The van der Waals surface area contributed by atoms with E-state index in [1.54, 1.807) is 32.9 Å². The summed E-state index contributed by atoms with van der Waals surface area (Å²) in [6, 6.07) is 7.91. The number of rotatable bonds is 4. The highest BCUT2D eigenvalue weighted by Crippen LogP contribution is 2.31. The second-order valence-corrected chi connectivity index (χ2v) is 9.86. The second kappa shape index (κ2) is 10.6. The molecule has 0 spiro atoms. The SMILES string of the molecule is CC(C)(C)OC(=O)N1CCN(C(=O)c2ccc3cc(Oc4ccc(C(F)(F)F)cn4)ccc3n2)C(C(F)F)C1. The van der Waals surface area contributed by atoms with Gasteiger partial charge in [-0.15, -0.1) is 0 Å². The molecule has 2 aromatic heterocycles. The second-order valence-electron chi connectivity index (χ2n) is 9.86. The average molecular weight is 553 g/mol. The average Bonchev–Trinajstić information content (AvgIpc) is 2.86. The molecule has 3 heterocycles. The zero-order valence-electron chi connectivity index (χ0n) is 21.2. The number of fused-ring (bicyclic) bond motifs is 1. The van der Waals surface area contributed by atoms with Gasteiger partial charge in [0.05, 0.1) is 17.6 Å². The maximum atomic E-state index is 13.9. The molecule has 4 rings (SSSR count). The van der Waals surface area contributed by atoms with Crippen molar-refractivity contribution in [1.82, 2.24) is 19.8 Å². The number of alkyl halides is 5. The standard InChI is InChI=1S/C26H25F5N4O4/c1-25(2,3)39-24(37)34-10-11-35(20(14-34)22(27)28)23(36)19-7-4-15-12-17(6-8-18(15)33-19)38-21-9-5-16(13-32-21)26(29,30)31/h4-9,12-13,20,22H,10-11,14H2,1-3H3. The Bertz CT molecular complexity index is 1360. The Kier molecular flexibility index (Phi) is 7.62. The van der Waals surface area contributed by atoms with Crippen LogP contribution in [0, 0.1) is 0 Å². The van der Waals surface area contributed by atoms with Crippen LogP contribution in [0.25, 0.3) is 10.9 Å². The van der Waals surface area contributed by atoms with Crippen molar-refractivity contribution >= 4 is 22.9 Å². The van der Waals surface area contributed by atoms with Crippen molar-refractivity contribution in [3.05, 3.63) is 59.9 Å². The quantitative estimate of drug-likeness (QED) is 0.383. The monoisotopic (exact) mass is 552 g/mol. The van der Waals surface area contributed by atoms with Crippen molar-refractivity contribution in [1.29, 1.82) is 0 Å². The Hall–Kier alpha value is -4.03. The maximum absolute atomic E-state index is 13.9. The van der Waals surface area contributed by atoms with Crippen molar-refractivity contribution in [3.63, 3.8) is 0 Å². The van der Waals surface area contributed by atoms with Gasteiger partial charge in [0.1, 0.15) is 23.1 Å². The molecule has 0 radical (unpaired) electrons. The molecule has 0 saturated carbocycles. The molecule has 1 unspecified atom stereocenters. The van der Waals surface area contributed by atoms with Crippen molar-refractivity contribution < 1.29 is 41.0 Å². The normalized spacial score (nSPS) is 16.5. The molecular formula is C26H25F5N4O4. The highest BCUT2D eigenvalue weighted by Gasteiger charge is 2.39. The van der Waals surface area contributed by atoms with E-state index in [-0.39, 0.29) is 37.0 Å². The summed E-state index contributed by atoms with van der Waals surface area (Å²) in [7, 11) is 0. The molecule has 3 aromatic rings. The molecule has 1 saturated heterocycles. The molecule has 1 aliphatic rings. The molecule has 1 fully saturated rings. The topological polar surface area (TPSA) is 84.9 Å². The molecule has 0 bridgehead atoms. The summed E-state index contributed by atoms with van der Waals surface area (Å²) in [4.78, 5) is 35.6. The van der Waals surface area contributed by atoms with Gasteiger partial charge in [-0.25, -0.2) is 23.5 Å². The molecule has 1 aliphatic heterocycles. The Morgan fingerprint density at radius 3 is 2.38 bits per heavy atom. The number of ether oxygens (including phenoxy) is 2. The summed E-state index contributed by atoms with van der Waals surface area (Å²) < 4.78 is 76.8. The van der Waals surface area contributed by atoms with E-state index < -0.39 is 41.8 Å². The minimum absolute atomic E-state index is 0.0239. The van der Waals surface area contributed by atoms with E-state index in [0.717, 1.165) is 21.9 Å². The van der Waals surface area contributed by atoms with Crippen LogP contribution in [-0.2, 0) is 10.9 Å². The van der Waals surface area contributed by atoms with E-state index in [4.69, 9.17) is 9.47 Å². The van der Waals surface area contributed by atoms with E-state index in [1.165, 1.54) is 18.2 Å². The van der Waals surface area contributed by atoms with Gasteiger partial charge in [-0.1, -0.05) is 6.07 Å². The molecule has 1 aromatic carbocycles. The third-order valence-corrected chi connectivity index (χ3v) is 5.79. The molecule has 39 heavy (non-hydrogen) atoms. The number of pyridine rings is 2. The largest absolute Gasteiger partial charge is 0.444 e. The van der Waals surface area contributed by atoms with Crippen LogP contribution in [0.2, 0.25) is 0 Å². The molecule has 2 amide bonds. The zero-order valence-corrected chi connectivity index (χ0v) is 21.2. The summed E-state index contributed by atoms with van der Waals surface area (Å²) >= 11 is 0. The van der Waals surface area contributed by atoms with Gasteiger partial charge in [-0.2, -0.15) is 13.2 Å². The summed E-state index contributed by atoms with van der Waals surface area (Å²) in [5.41, 5.74) is -1.39. The van der Waals surface area contributed by atoms with Crippen LogP contribution >= 0.6 is 0 Å². The highest BCUT2D eigenvalue weighted by atomic mass is 19.4. The van der Waals surface area contributed by atoms with E-state index in [2.05, 4.69) is 9.97 Å². The predicted molar refractivity (Wildman–Crippen MR) is 130 cm³/mol.